The monoisotopic (exact) mass is 1010 g/mol. The van der Waals surface area contributed by atoms with Crippen LogP contribution in [0.2, 0.25) is 0 Å². The van der Waals surface area contributed by atoms with Crippen LogP contribution >= 0.6 is 0 Å². The highest BCUT2D eigenvalue weighted by molar-refractivity contribution is 5.94. The summed E-state index contributed by atoms with van der Waals surface area (Å²) in [6.45, 7) is 4.52. The summed E-state index contributed by atoms with van der Waals surface area (Å²) >= 11 is 0. The van der Waals surface area contributed by atoms with E-state index in [1.54, 1.807) is 35.1 Å². The Hall–Kier alpha value is -5.70. The van der Waals surface area contributed by atoms with Crippen molar-refractivity contribution in [1.29, 1.82) is 0 Å². The highest BCUT2D eigenvalue weighted by Gasteiger charge is 2.28. The maximum atomic E-state index is 13.6. The van der Waals surface area contributed by atoms with Crippen LogP contribution < -0.4 is 20.1 Å². The van der Waals surface area contributed by atoms with Gasteiger partial charge in [0, 0.05) is 31.5 Å². The lowest BCUT2D eigenvalue weighted by atomic mass is 10.0. The summed E-state index contributed by atoms with van der Waals surface area (Å²) < 4.78 is 116. The molecule has 2 amide bonds. The molecule has 71 heavy (non-hydrogen) atoms. The van der Waals surface area contributed by atoms with E-state index in [2.05, 4.69) is 25.7 Å². The minimum Gasteiger partial charge on any atom is -0.457 e. The Bertz CT molecular complexity index is 2170. The van der Waals surface area contributed by atoms with E-state index in [-0.39, 0.29) is 104 Å². The first-order valence-electron chi connectivity index (χ1n) is 22.7. The molecule has 0 fully saturated rings. The molecule has 4 rings (SSSR count). The van der Waals surface area contributed by atoms with E-state index >= 15 is 0 Å². The Labute approximate surface area is 406 Å². The molecule has 0 saturated carbocycles. The maximum absolute atomic E-state index is 13.6. The third kappa shape index (κ3) is 22.9. The van der Waals surface area contributed by atoms with Crippen LogP contribution in [0.25, 0.3) is 0 Å². The SMILES string of the molecule is CC(=O)N[C@H](CC[C@@H](O)OCCOCCOCc1cn(CCOCCOCCOCCOCCC(=O)Oc2c(F)c(F)c(F)c(F)c2F)nn1)C[C@H](O)CCNC(=O)c1cccc(Oc2ccccc2)c1. The maximum Gasteiger partial charge on any atom is 0.313 e. The number of rotatable bonds is 37. The molecule has 0 aliphatic heterocycles. The van der Waals surface area contributed by atoms with Crippen LogP contribution in [0.15, 0.2) is 60.8 Å². The average Bonchev–Trinajstić information content (AvgIpc) is 3.81. The quantitative estimate of drug-likeness (QED) is 0.00924. The van der Waals surface area contributed by atoms with Crippen LogP contribution in [0.5, 0.6) is 17.2 Å². The van der Waals surface area contributed by atoms with E-state index < -0.39 is 65.7 Å². The average molecular weight is 1010 g/mol. The number of halogens is 5. The van der Waals surface area contributed by atoms with Crippen molar-refractivity contribution >= 4 is 17.8 Å². The minimum absolute atomic E-state index is 0.0500. The fraction of sp³-hybridized carbons (Fsp3) is 0.511. The summed E-state index contributed by atoms with van der Waals surface area (Å²) in [4.78, 5) is 36.3. The molecule has 19 nitrogen and oxygen atoms in total. The molecule has 0 bridgehead atoms. The molecular formula is C47H60F5N5O14. The zero-order valence-corrected chi connectivity index (χ0v) is 39.2. The number of amides is 2. The third-order valence-electron chi connectivity index (χ3n) is 9.73. The second kappa shape index (κ2) is 33.0. The molecule has 0 unspecified atom stereocenters. The number of para-hydroxylation sites is 1. The fourth-order valence-electron chi connectivity index (χ4n) is 6.26. The van der Waals surface area contributed by atoms with E-state index in [0.717, 1.165) is 0 Å². The number of esters is 1. The van der Waals surface area contributed by atoms with Gasteiger partial charge in [-0.05, 0) is 49.6 Å². The first-order valence-corrected chi connectivity index (χ1v) is 22.7. The predicted molar refractivity (Wildman–Crippen MR) is 240 cm³/mol. The zero-order valence-electron chi connectivity index (χ0n) is 39.2. The van der Waals surface area contributed by atoms with Gasteiger partial charge in [0.05, 0.1) is 111 Å². The van der Waals surface area contributed by atoms with Crippen molar-refractivity contribution in [3.8, 4) is 17.2 Å². The molecule has 3 aromatic carbocycles. The van der Waals surface area contributed by atoms with E-state index in [9.17, 15) is 46.5 Å². The Balaban J connectivity index is 0.921. The fourth-order valence-corrected chi connectivity index (χ4v) is 6.26. The molecule has 3 atom stereocenters. The van der Waals surface area contributed by atoms with Crippen LogP contribution in [0.3, 0.4) is 0 Å². The zero-order chi connectivity index (χ0) is 51.2. The van der Waals surface area contributed by atoms with Gasteiger partial charge >= 0.3 is 5.97 Å². The minimum atomic E-state index is -2.36. The van der Waals surface area contributed by atoms with E-state index in [1.165, 1.54) is 6.92 Å². The van der Waals surface area contributed by atoms with Gasteiger partial charge in [-0.1, -0.05) is 29.5 Å². The molecule has 0 aliphatic rings. The van der Waals surface area contributed by atoms with E-state index in [4.69, 9.17) is 37.9 Å². The number of carbonyl (C=O) groups excluding carboxylic acids is 3. The highest BCUT2D eigenvalue weighted by Crippen LogP contribution is 2.29. The Morgan fingerprint density at radius 1 is 0.676 bits per heavy atom. The Morgan fingerprint density at radius 2 is 1.27 bits per heavy atom. The van der Waals surface area contributed by atoms with Crippen LogP contribution in [0.4, 0.5) is 22.0 Å². The smallest absolute Gasteiger partial charge is 0.313 e. The molecule has 0 spiro atoms. The predicted octanol–water partition coefficient (Wildman–Crippen LogP) is 4.55. The van der Waals surface area contributed by atoms with Crippen molar-refractivity contribution in [3.05, 3.63) is 101 Å². The van der Waals surface area contributed by atoms with Crippen molar-refractivity contribution in [2.75, 3.05) is 85.8 Å². The lowest BCUT2D eigenvalue weighted by Gasteiger charge is -2.22. The Kier molecular flexibility index (Phi) is 26.9. The molecular weight excluding hydrogens is 954 g/mol. The van der Waals surface area contributed by atoms with Gasteiger partial charge in [0.1, 0.15) is 17.2 Å². The lowest BCUT2D eigenvalue weighted by molar-refractivity contribution is -0.136. The number of ether oxygens (including phenoxy) is 9. The molecule has 1 aromatic heterocycles. The van der Waals surface area contributed by atoms with Gasteiger partial charge in [-0.25, -0.2) is 17.9 Å². The normalized spacial score (nSPS) is 12.6. The topological polar surface area (TPSA) is 230 Å². The number of hydrogen-bond acceptors (Lipinski definition) is 16. The second-order valence-corrected chi connectivity index (χ2v) is 15.4. The molecule has 4 aromatic rings. The summed E-state index contributed by atoms with van der Waals surface area (Å²) in [7, 11) is 0. The van der Waals surface area contributed by atoms with Crippen molar-refractivity contribution in [2.45, 2.75) is 70.6 Å². The van der Waals surface area contributed by atoms with Gasteiger partial charge in [0.2, 0.25) is 40.7 Å². The first-order chi connectivity index (χ1) is 34.3. The second-order valence-electron chi connectivity index (χ2n) is 15.4. The van der Waals surface area contributed by atoms with Crippen LogP contribution in [0.1, 0.15) is 55.1 Å². The summed E-state index contributed by atoms with van der Waals surface area (Å²) in [5.41, 5.74) is 1.02. The molecule has 0 saturated heterocycles. The van der Waals surface area contributed by atoms with Crippen molar-refractivity contribution in [3.63, 3.8) is 0 Å². The Morgan fingerprint density at radius 3 is 1.93 bits per heavy atom. The summed E-state index contributed by atoms with van der Waals surface area (Å²) in [5.74, 6) is -13.7. The van der Waals surface area contributed by atoms with Gasteiger partial charge < -0.3 is 63.5 Å². The number of aliphatic hydroxyl groups excluding tert-OH is 2. The number of carbonyl (C=O) groups is 3. The summed E-state index contributed by atoms with van der Waals surface area (Å²) in [6, 6.07) is 15.6. The first kappa shape index (κ1) is 57.9. The molecule has 4 N–H and O–H groups in total. The van der Waals surface area contributed by atoms with Gasteiger partial charge in [0.25, 0.3) is 5.91 Å². The van der Waals surface area contributed by atoms with Crippen molar-refractivity contribution in [1.82, 2.24) is 25.6 Å². The highest BCUT2D eigenvalue weighted by atomic mass is 19.2. The molecule has 0 radical (unpaired) electrons. The number of aliphatic hydroxyl groups is 2. The third-order valence-corrected chi connectivity index (χ3v) is 9.73. The lowest BCUT2D eigenvalue weighted by Crippen LogP contribution is -2.37. The molecule has 1 heterocycles. The van der Waals surface area contributed by atoms with Crippen molar-refractivity contribution in [2.24, 2.45) is 0 Å². The summed E-state index contributed by atoms with van der Waals surface area (Å²) in [6.07, 6.45) is 0.292. The largest absolute Gasteiger partial charge is 0.457 e. The number of benzene rings is 3. The molecule has 0 aliphatic carbocycles. The standard InChI is InChI=1S/C47H60F5N5O14/c1-32(58)54-34(29-36(59)12-14-53-47(62)33-6-5-9-38(28-33)70-37-7-3-2-4-8-37)10-11-39(60)69-27-26-67-24-25-68-31-35-30-57(56-55-35)15-17-64-19-21-66-23-22-65-20-18-63-16-13-40(61)71-46-44(51)42(49)41(48)43(50)45(46)52/h2-9,28,30,34,36,39,59-60H,10-27,29,31H2,1H3,(H,53,62)(H,54,58)/t34-,36-,39+/m1/s1. The number of nitrogens with one attached hydrogen (secondary N) is 2. The van der Waals surface area contributed by atoms with Gasteiger partial charge in [-0.2, -0.15) is 8.78 Å². The van der Waals surface area contributed by atoms with Crippen LogP contribution in [-0.4, -0.2) is 147 Å². The van der Waals surface area contributed by atoms with Crippen molar-refractivity contribution < 1.29 is 89.2 Å². The van der Waals surface area contributed by atoms with Crippen LogP contribution in [0, 0.1) is 29.1 Å². The number of hydrogen-bond donors (Lipinski definition) is 4. The van der Waals surface area contributed by atoms with Gasteiger partial charge in [-0.15, -0.1) is 5.10 Å². The summed E-state index contributed by atoms with van der Waals surface area (Å²) in [5, 5.41) is 34.7. The molecule has 24 heteroatoms. The van der Waals surface area contributed by atoms with E-state index in [1.807, 2.05) is 30.3 Å². The number of aromatic nitrogens is 3. The molecule has 392 valence electrons. The van der Waals surface area contributed by atoms with Gasteiger partial charge in [-0.3, -0.25) is 14.4 Å². The van der Waals surface area contributed by atoms with Gasteiger partial charge in [0.15, 0.2) is 6.29 Å². The number of nitrogens with zero attached hydrogens (tertiary/aromatic N) is 3. The van der Waals surface area contributed by atoms with E-state index in [0.29, 0.717) is 55.5 Å². The van der Waals surface area contributed by atoms with Crippen LogP contribution in [-0.2, 0) is 55.9 Å².